The SMILES string of the molecule is Cc1cccc(COC[C@@H]2CCS(=O)(=O)C23CN(C(=O)CC(C)C)C3)n1. The summed E-state index contributed by atoms with van der Waals surface area (Å²) in [5.41, 5.74) is 1.78. The number of nitrogens with zero attached hydrogens (tertiary/aromatic N) is 2. The van der Waals surface area contributed by atoms with Crippen LogP contribution in [0, 0.1) is 18.8 Å². The molecule has 2 saturated heterocycles. The van der Waals surface area contributed by atoms with Gasteiger partial charge in [-0.3, -0.25) is 9.78 Å². The molecule has 2 aliphatic heterocycles. The van der Waals surface area contributed by atoms with Crippen molar-refractivity contribution in [3.05, 3.63) is 29.6 Å². The van der Waals surface area contributed by atoms with Gasteiger partial charge in [-0.15, -0.1) is 0 Å². The highest BCUT2D eigenvalue weighted by Gasteiger charge is 2.62. The van der Waals surface area contributed by atoms with E-state index >= 15 is 0 Å². The van der Waals surface area contributed by atoms with Crippen LogP contribution in [0.4, 0.5) is 0 Å². The molecule has 1 aromatic rings. The second-order valence-corrected chi connectivity index (χ2v) is 10.5. The van der Waals surface area contributed by atoms with Crippen LogP contribution in [0.5, 0.6) is 0 Å². The number of carbonyl (C=O) groups excluding carboxylic acids is 1. The molecule has 2 fully saturated rings. The first-order valence-corrected chi connectivity index (χ1v) is 10.9. The fourth-order valence-corrected chi connectivity index (χ4v) is 6.35. The van der Waals surface area contributed by atoms with Crippen LogP contribution in [0.25, 0.3) is 0 Å². The number of likely N-dealkylation sites (tertiary alicyclic amines) is 1. The van der Waals surface area contributed by atoms with Crippen LogP contribution < -0.4 is 0 Å². The first-order valence-electron chi connectivity index (χ1n) is 9.24. The van der Waals surface area contributed by atoms with Crippen molar-refractivity contribution in [2.24, 2.45) is 11.8 Å². The number of hydrogen-bond acceptors (Lipinski definition) is 5. The summed E-state index contributed by atoms with van der Waals surface area (Å²) in [4.78, 5) is 18.3. The Bertz CT molecular complexity index is 769. The van der Waals surface area contributed by atoms with Crippen molar-refractivity contribution in [1.29, 1.82) is 0 Å². The fraction of sp³-hybridized carbons (Fsp3) is 0.684. The van der Waals surface area contributed by atoms with Gasteiger partial charge in [-0.25, -0.2) is 8.42 Å². The van der Waals surface area contributed by atoms with Crippen molar-refractivity contribution in [3.63, 3.8) is 0 Å². The van der Waals surface area contributed by atoms with Gasteiger partial charge in [0.15, 0.2) is 9.84 Å². The maximum absolute atomic E-state index is 12.6. The first kappa shape index (κ1) is 19.3. The van der Waals surface area contributed by atoms with E-state index in [0.29, 0.717) is 39.1 Å². The lowest BCUT2D eigenvalue weighted by Gasteiger charge is -2.50. The molecule has 2 aliphatic rings. The number of amides is 1. The Kier molecular flexibility index (Phi) is 5.40. The zero-order valence-electron chi connectivity index (χ0n) is 15.8. The molecule has 1 aromatic heterocycles. The monoisotopic (exact) mass is 380 g/mol. The summed E-state index contributed by atoms with van der Waals surface area (Å²) in [6.45, 7) is 7.32. The lowest BCUT2D eigenvalue weighted by atomic mass is 9.83. The lowest BCUT2D eigenvalue weighted by Crippen LogP contribution is -2.68. The van der Waals surface area contributed by atoms with Gasteiger partial charge in [-0.2, -0.15) is 0 Å². The summed E-state index contributed by atoms with van der Waals surface area (Å²) < 4.78 is 30.3. The highest BCUT2D eigenvalue weighted by Crippen LogP contribution is 2.45. The summed E-state index contributed by atoms with van der Waals surface area (Å²) in [6, 6.07) is 5.77. The maximum atomic E-state index is 12.6. The van der Waals surface area contributed by atoms with Gasteiger partial charge in [0.2, 0.25) is 5.91 Å². The van der Waals surface area contributed by atoms with Crippen LogP contribution >= 0.6 is 0 Å². The van der Waals surface area contributed by atoms with E-state index in [1.54, 1.807) is 4.90 Å². The Hall–Kier alpha value is -1.47. The Morgan fingerprint density at radius 2 is 2.12 bits per heavy atom. The van der Waals surface area contributed by atoms with Gasteiger partial charge in [0, 0.05) is 31.1 Å². The van der Waals surface area contributed by atoms with Gasteiger partial charge in [-0.1, -0.05) is 19.9 Å². The minimum absolute atomic E-state index is 0.0522. The van der Waals surface area contributed by atoms with Crippen LogP contribution in [0.2, 0.25) is 0 Å². The molecule has 0 radical (unpaired) electrons. The standard InChI is InChI=1S/C19H28N2O4S/c1-14(2)9-18(22)21-12-19(13-21)16(7-8-26(19,23)24)10-25-11-17-6-4-5-15(3)20-17/h4-6,14,16H,7-13H2,1-3H3/t16-/m0/s1. The molecule has 3 heterocycles. The molecule has 7 heteroatoms. The molecule has 1 atom stereocenters. The second-order valence-electron chi connectivity index (χ2n) is 8.00. The average molecular weight is 381 g/mol. The first-order chi connectivity index (χ1) is 12.2. The Morgan fingerprint density at radius 1 is 1.38 bits per heavy atom. The molecule has 0 unspecified atom stereocenters. The molecule has 0 saturated carbocycles. The van der Waals surface area contributed by atoms with Crippen LogP contribution in [-0.2, 0) is 26.0 Å². The van der Waals surface area contributed by atoms with Gasteiger partial charge in [0.05, 0.1) is 24.7 Å². The van der Waals surface area contributed by atoms with Gasteiger partial charge in [0.1, 0.15) is 4.75 Å². The van der Waals surface area contributed by atoms with E-state index in [2.05, 4.69) is 4.98 Å². The average Bonchev–Trinajstić information content (AvgIpc) is 2.76. The smallest absolute Gasteiger partial charge is 0.222 e. The number of ether oxygens (including phenoxy) is 1. The number of hydrogen-bond donors (Lipinski definition) is 0. The predicted octanol–water partition coefficient (Wildman–Crippen LogP) is 1.97. The zero-order valence-corrected chi connectivity index (χ0v) is 16.6. The van der Waals surface area contributed by atoms with Crippen molar-refractivity contribution in [2.75, 3.05) is 25.4 Å². The summed E-state index contributed by atoms with van der Waals surface area (Å²) in [5.74, 6) is 0.465. The van der Waals surface area contributed by atoms with Crippen molar-refractivity contribution >= 4 is 15.7 Å². The highest BCUT2D eigenvalue weighted by atomic mass is 32.2. The molecule has 144 valence electrons. The van der Waals surface area contributed by atoms with Crippen LogP contribution in [-0.4, -0.2) is 54.4 Å². The molecular weight excluding hydrogens is 352 g/mol. The maximum Gasteiger partial charge on any atom is 0.222 e. The predicted molar refractivity (Wildman–Crippen MR) is 99.3 cm³/mol. The third kappa shape index (κ3) is 3.64. The molecule has 6 nitrogen and oxygen atoms in total. The summed E-state index contributed by atoms with van der Waals surface area (Å²) in [5, 5.41) is 0. The van der Waals surface area contributed by atoms with E-state index in [4.69, 9.17) is 4.74 Å². The molecule has 3 rings (SSSR count). The number of pyridine rings is 1. The number of carbonyl (C=O) groups is 1. The minimum atomic E-state index is -3.19. The quantitative estimate of drug-likeness (QED) is 0.754. The van der Waals surface area contributed by atoms with E-state index in [9.17, 15) is 13.2 Å². The fourth-order valence-electron chi connectivity index (χ4n) is 3.95. The topological polar surface area (TPSA) is 76.6 Å². The van der Waals surface area contributed by atoms with Crippen LogP contribution in [0.3, 0.4) is 0 Å². The molecule has 1 amide bonds. The summed E-state index contributed by atoms with van der Waals surface area (Å²) in [6.07, 6.45) is 1.08. The number of rotatable bonds is 6. The van der Waals surface area contributed by atoms with E-state index in [1.165, 1.54) is 0 Å². The van der Waals surface area contributed by atoms with Crippen molar-refractivity contribution in [3.8, 4) is 0 Å². The van der Waals surface area contributed by atoms with Gasteiger partial charge in [-0.05, 0) is 31.4 Å². The van der Waals surface area contributed by atoms with Crippen LogP contribution in [0.1, 0.15) is 38.1 Å². The molecule has 26 heavy (non-hydrogen) atoms. The van der Waals surface area contributed by atoms with Crippen molar-refractivity contribution in [2.45, 2.75) is 45.0 Å². The molecule has 0 N–H and O–H groups in total. The summed E-state index contributed by atoms with van der Waals surface area (Å²) in [7, 11) is -3.19. The minimum Gasteiger partial charge on any atom is -0.375 e. The van der Waals surface area contributed by atoms with Crippen molar-refractivity contribution < 1.29 is 17.9 Å². The van der Waals surface area contributed by atoms with E-state index < -0.39 is 14.6 Å². The van der Waals surface area contributed by atoms with E-state index in [1.807, 2.05) is 39.0 Å². The highest BCUT2D eigenvalue weighted by molar-refractivity contribution is 7.93. The third-order valence-corrected chi connectivity index (χ3v) is 8.07. The van der Waals surface area contributed by atoms with Gasteiger partial charge in [0.25, 0.3) is 0 Å². The normalized spacial score (nSPS) is 23.4. The molecule has 0 aromatic carbocycles. The summed E-state index contributed by atoms with van der Waals surface area (Å²) >= 11 is 0. The third-order valence-electron chi connectivity index (χ3n) is 5.47. The lowest BCUT2D eigenvalue weighted by molar-refractivity contribution is -0.138. The number of sulfone groups is 1. The van der Waals surface area contributed by atoms with Gasteiger partial charge < -0.3 is 9.64 Å². The second kappa shape index (κ2) is 7.27. The number of aromatic nitrogens is 1. The van der Waals surface area contributed by atoms with E-state index in [-0.39, 0.29) is 23.5 Å². The molecular formula is C19H28N2O4S. The molecule has 1 spiro atoms. The van der Waals surface area contributed by atoms with E-state index in [0.717, 1.165) is 11.4 Å². The zero-order chi connectivity index (χ0) is 18.9. The Labute approximate surface area is 155 Å². The molecule has 0 aliphatic carbocycles. The largest absolute Gasteiger partial charge is 0.375 e. The Morgan fingerprint density at radius 3 is 2.77 bits per heavy atom. The number of aryl methyl sites for hydroxylation is 1. The van der Waals surface area contributed by atoms with Gasteiger partial charge >= 0.3 is 0 Å². The Balaban J connectivity index is 1.60. The molecule has 0 bridgehead atoms. The van der Waals surface area contributed by atoms with Crippen molar-refractivity contribution in [1.82, 2.24) is 9.88 Å². The van der Waals surface area contributed by atoms with Crippen LogP contribution in [0.15, 0.2) is 18.2 Å².